The number of amides is 3. The Morgan fingerprint density at radius 2 is 0.857 bits per heavy atom. The standard InChI is InChI=1S/C45H44N12O11S2/c1-25-19-29(7-13-35(25)52-54-37-15-11-33(21-41(37)67-5)50-56-39-17-9-31(46-27(3)58)23-43(39)69(61,62)63)48-45(60)49-30-8-14-36(26(2)20-30)53-55-38-16-12-34(22-42(38)68-6)51-57-40-18-10-32(47-28(4)59)24-44(40)70(64,65)66/h7-24,27,46,58H,1-6H3,(H,47,59)(H2,48,49,60)(H,61,62,63)(H,64,65,66). The van der Waals surface area contributed by atoms with Crippen LogP contribution in [0.4, 0.5) is 73.0 Å². The maximum absolute atomic E-state index is 13.0. The van der Waals surface area contributed by atoms with Gasteiger partial charge >= 0.3 is 6.03 Å². The average molecular weight is 993 g/mol. The molecule has 0 fully saturated rings. The van der Waals surface area contributed by atoms with Gasteiger partial charge in [-0.1, -0.05) is 0 Å². The smallest absolute Gasteiger partial charge is 0.323 e. The first-order valence-corrected chi connectivity index (χ1v) is 23.3. The lowest BCUT2D eigenvalue weighted by Gasteiger charge is -2.11. The van der Waals surface area contributed by atoms with Crippen LogP contribution in [-0.4, -0.2) is 63.4 Å². The van der Waals surface area contributed by atoms with Gasteiger partial charge in [-0.25, -0.2) is 4.79 Å². The van der Waals surface area contributed by atoms with E-state index in [0.717, 1.165) is 12.1 Å². The Bertz CT molecular complexity index is 3330. The third-order valence-electron chi connectivity index (χ3n) is 9.48. The molecular formula is C45H44N12O11S2. The molecule has 0 aliphatic heterocycles. The normalized spacial score (nSPS) is 12.4. The zero-order chi connectivity index (χ0) is 50.8. The van der Waals surface area contributed by atoms with Crippen LogP contribution in [0.2, 0.25) is 0 Å². The fourth-order valence-electron chi connectivity index (χ4n) is 6.26. The number of aliphatic hydroxyl groups is 1. The van der Waals surface area contributed by atoms with Crippen molar-refractivity contribution in [1.29, 1.82) is 0 Å². The molecule has 0 saturated carbocycles. The summed E-state index contributed by atoms with van der Waals surface area (Å²) in [5, 5.41) is 53.7. The Morgan fingerprint density at radius 3 is 1.24 bits per heavy atom. The second-order valence-corrected chi connectivity index (χ2v) is 17.7. The number of anilines is 4. The topological polar surface area (TPSA) is 329 Å². The summed E-state index contributed by atoms with van der Waals surface area (Å²) >= 11 is 0. The predicted octanol–water partition coefficient (Wildman–Crippen LogP) is 11.8. The van der Waals surface area contributed by atoms with Gasteiger partial charge in [-0.3, -0.25) is 13.9 Å². The third kappa shape index (κ3) is 13.9. The molecule has 0 heterocycles. The van der Waals surface area contributed by atoms with Crippen LogP contribution < -0.4 is 30.7 Å². The maximum atomic E-state index is 13.0. The van der Waals surface area contributed by atoms with Crippen LogP contribution in [0.5, 0.6) is 11.5 Å². The monoisotopic (exact) mass is 992 g/mol. The summed E-state index contributed by atoms with van der Waals surface area (Å²) in [6, 6.07) is 26.5. The quantitative estimate of drug-likeness (QED) is 0.0255. The molecule has 0 bridgehead atoms. The molecule has 0 aromatic heterocycles. The number of nitrogens with one attached hydrogen (secondary N) is 4. The van der Waals surface area contributed by atoms with Crippen molar-refractivity contribution >= 4 is 100 Å². The average Bonchev–Trinajstić information content (AvgIpc) is 3.29. The highest BCUT2D eigenvalue weighted by Crippen LogP contribution is 2.38. The van der Waals surface area contributed by atoms with Crippen LogP contribution >= 0.6 is 0 Å². The van der Waals surface area contributed by atoms with E-state index in [1.165, 1.54) is 64.5 Å². The van der Waals surface area contributed by atoms with Gasteiger partial charge in [0.25, 0.3) is 20.2 Å². The highest BCUT2D eigenvalue weighted by Gasteiger charge is 2.19. The van der Waals surface area contributed by atoms with Gasteiger partial charge < -0.3 is 35.8 Å². The number of aliphatic hydroxyl groups excluding tert-OH is 1. The van der Waals surface area contributed by atoms with E-state index in [1.807, 2.05) is 0 Å². The SMILES string of the molecule is COc1cc(N=Nc2ccc(NC(C)=O)cc2S(=O)(=O)O)ccc1N=Nc1ccc(NC(=O)Nc2ccc(N=Nc3ccc(N=Nc4ccc(NC(C)O)cc4S(=O)(=O)O)cc3OC)c(C)c2)cc1C. The molecule has 1 atom stereocenters. The van der Waals surface area contributed by atoms with Crippen molar-refractivity contribution in [3.8, 4) is 11.5 Å². The van der Waals surface area contributed by atoms with E-state index in [-0.39, 0.29) is 45.6 Å². The first kappa shape index (κ1) is 51.0. The summed E-state index contributed by atoms with van der Waals surface area (Å²) in [5.74, 6) is 0.126. The minimum atomic E-state index is -4.71. The van der Waals surface area contributed by atoms with Gasteiger partial charge in [0, 0.05) is 41.8 Å². The zero-order valence-corrected chi connectivity index (χ0v) is 39.6. The number of carbonyl (C=O) groups is 2. The molecule has 23 nitrogen and oxygen atoms in total. The number of aryl methyl sites for hydroxylation is 2. The third-order valence-corrected chi connectivity index (χ3v) is 11.3. The van der Waals surface area contributed by atoms with E-state index in [1.54, 1.807) is 74.5 Å². The van der Waals surface area contributed by atoms with Gasteiger partial charge in [0.1, 0.15) is 50.3 Å². The van der Waals surface area contributed by atoms with Gasteiger partial charge in [-0.05, 0) is 129 Å². The predicted molar refractivity (Wildman–Crippen MR) is 260 cm³/mol. The molecule has 6 rings (SSSR count). The van der Waals surface area contributed by atoms with E-state index >= 15 is 0 Å². The van der Waals surface area contributed by atoms with Crippen molar-refractivity contribution in [3.63, 3.8) is 0 Å². The van der Waals surface area contributed by atoms with E-state index in [4.69, 9.17) is 9.47 Å². The Hall–Kier alpha value is -8.36. The summed E-state index contributed by atoms with van der Waals surface area (Å²) in [6.07, 6.45) is -0.974. The number of nitrogens with zero attached hydrogens (tertiary/aromatic N) is 8. The molecule has 6 aromatic rings. The van der Waals surface area contributed by atoms with Crippen molar-refractivity contribution in [2.45, 2.75) is 43.7 Å². The minimum absolute atomic E-state index is 0.138. The highest BCUT2D eigenvalue weighted by molar-refractivity contribution is 7.86. The van der Waals surface area contributed by atoms with Crippen LogP contribution in [0.15, 0.2) is 160 Å². The van der Waals surface area contributed by atoms with E-state index in [0.29, 0.717) is 45.3 Å². The lowest BCUT2D eigenvalue weighted by Crippen LogP contribution is -2.19. The van der Waals surface area contributed by atoms with Gasteiger partial charge in [-0.15, -0.1) is 20.5 Å². The van der Waals surface area contributed by atoms with Crippen LogP contribution in [0.1, 0.15) is 25.0 Å². The van der Waals surface area contributed by atoms with Crippen molar-refractivity contribution in [2.24, 2.45) is 40.9 Å². The molecule has 70 heavy (non-hydrogen) atoms. The van der Waals surface area contributed by atoms with Crippen LogP contribution in [-0.2, 0) is 25.0 Å². The molecule has 0 saturated heterocycles. The second-order valence-electron chi connectivity index (χ2n) is 14.9. The molecule has 362 valence electrons. The Labute approximate surface area is 401 Å². The van der Waals surface area contributed by atoms with Crippen LogP contribution in [0.25, 0.3) is 0 Å². The fourth-order valence-corrected chi connectivity index (χ4v) is 7.56. The number of urea groups is 1. The summed E-state index contributed by atoms with van der Waals surface area (Å²) in [4.78, 5) is 23.3. The van der Waals surface area contributed by atoms with Gasteiger partial charge in [0.05, 0.1) is 37.0 Å². The van der Waals surface area contributed by atoms with Crippen molar-refractivity contribution in [2.75, 3.05) is 35.5 Å². The molecule has 0 spiro atoms. The minimum Gasteiger partial charge on any atom is -0.494 e. The van der Waals surface area contributed by atoms with Gasteiger partial charge in [-0.2, -0.15) is 37.3 Å². The number of hydrogen-bond donors (Lipinski definition) is 7. The summed E-state index contributed by atoms with van der Waals surface area (Å²) < 4.78 is 78.4. The van der Waals surface area contributed by atoms with Gasteiger partial charge in [0.2, 0.25) is 5.91 Å². The van der Waals surface area contributed by atoms with Crippen molar-refractivity contribution in [1.82, 2.24) is 0 Å². The summed E-state index contributed by atoms with van der Waals surface area (Å²) in [6.45, 7) is 6.28. The molecule has 6 aromatic carbocycles. The zero-order valence-electron chi connectivity index (χ0n) is 38.0. The maximum Gasteiger partial charge on any atom is 0.323 e. The molecular weight excluding hydrogens is 949 g/mol. The summed E-state index contributed by atoms with van der Waals surface area (Å²) in [5.41, 5.74) is 4.66. The molecule has 7 N–H and O–H groups in total. The van der Waals surface area contributed by atoms with Crippen LogP contribution in [0, 0.1) is 13.8 Å². The first-order chi connectivity index (χ1) is 33.2. The van der Waals surface area contributed by atoms with Crippen molar-refractivity contribution in [3.05, 3.63) is 120 Å². The lowest BCUT2D eigenvalue weighted by atomic mass is 10.2. The molecule has 0 radical (unpaired) electrons. The van der Waals surface area contributed by atoms with E-state index < -0.39 is 48.2 Å². The molecule has 0 aliphatic rings. The number of hydrogen-bond acceptors (Lipinski definition) is 18. The molecule has 1 unspecified atom stereocenters. The number of ether oxygens (including phenoxy) is 2. The lowest BCUT2D eigenvalue weighted by molar-refractivity contribution is -0.114. The van der Waals surface area contributed by atoms with Gasteiger partial charge in [0.15, 0.2) is 0 Å². The largest absolute Gasteiger partial charge is 0.494 e. The number of rotatable bonds is 17. The number of carbonyl (C=O) groups excluding carboxylic acids is 2. The molecule has 3 amide bonds. The van der Waals surface area contributed by atoms with E-state index in [2.05, 4.69) is 62.2 Å². The fraction of sp³-hybridized carbons (Fsp3) is 0.156. The van der Waals surface area contributed by atoms with Crippen molar-refractivity contribution < 1.29 is 50.1 Å². The number of benzene rings is 6. The molecule has 0 aliphatic carbocycles. The molecule has 25 heteroatoms. The first-order valence-electron chi connectivity index (χ1n) is 20.5. The summed E-state index contributed by atoms with van der Waals surface area (Å²) in [7, 11) is -6.55. The second kappa shape index (κ2) is 22.2. The Morgan fingerprint density at radius 1 is 0.500 bits per heavy atom. The Balaban J connectivity index is 1.06. The Kier molecular flexibility index (Phi) is 16.2. The number of azo groups is 4. The number of methoxy groups -OCH3 is 2. The van der Waals surface area contributed by atoms with E-state index in [9.17, 15) is 40.6 Å². The highest BCUT2D eigenvalue weighted by atomic mass is 32.2. The van der Waals surface area contributed by atoms with Crippen LogP contribution in [0.3, 0.4) is 0 Å².